The van der Waals surface area contributed by atoms with Gasteiger partial charge >= 0.3 is 5.97 Å². The zero-order valence-electron chi connectivity index (χ0n) is 16.1. The molecule has 1 unspecified atom stereocenters. The maximum absolute atomic E-state index is 12.3. The largest absolute Gasteiger partial charge is 0.507 e. The van der Waals surface area contributed by atoms with Crippen LogP contribution in [0.4, 0.5) is 0 Å². The second-order valence-electron chi connectivity index (χ2n) is 6.95. The average Bonchev–Trinajstić information content (AvgIpc) is 2.61. The van der Waals surface area contributed by atoms with E-state index in [1.807, 2.05) is 0 Å². The molecule has 25 heavy (non-hydrogen) atoms. The molecular weight excluding hydrogens is 312 g/mol. The molecule has 0 amide bonds. The van der Waals surface area contributed by atoms with Gasteiger partial charge in [0.25, 0.3) is 0 Å². The Labute approximate surface area is 153 Å². The van der Waals surface area contributed by atoms with E-state index in [2.05, 4.69) is 13.8 Å². The van der Waals surface area contributed by atoms with Crippen LogP contribution in [0.5, 0.6) is 5.75 Å². The van der Waals surface area contributed by atoms with Crippen LogP contribution in [0.15, 0.2) is 24.3 Å². The van der Waals surface area contributed by atoms with Crippen LogP contribution in [-0.2, 0) is 4.74 Å². The minimum atomic E-state index is -0.404. The summed E-state index contributed by atoms with van der Waals surface area (Å²) in [6.07, 6.45) is 14.2. The second kappa shape index (κ2) is 13.7. The molecule has 0 aromatic heterocycles. The summed E-state index contributed by atoms with van der Waals surface area (Å²) in [6.45, 7) is 4.39. The van der Waals surface area contributed by atoms with Crippen molar-refractivity contribution in [3.05, 3.63) is 29.8 Å². The van der Waals surface area contributed by atoms with Gasteiger partial charge in [-0.15, -0.1) is 0 Å². The third kappa shape index (κ3) is 9.52. The number of phenols is 1. The van der Waals surface area contributed by atoms with Gasteiger partial charge in [-0.05, 0) is 31.4 Å². The Hall–Kier alpha value is -1.51. The molecule has 1 rings (SSSR count). The molecule has 0 saturated carbocycles. The Kier molecular flexibility index (Phi) is 11.8. The number of carbonyl (C=O) groups is 1. The van der Waals surface area contributed by atoms with E-state index in [0.29, 0.717) is 0 Å². The fraction of sp³-hybridized carbons (Fsp3) is 0.682. The van der Waals surface area contributed by atoms with Crippen LogP contribution in [0, 0.1) is 0 Å². The number of unbranched alkanes of at least 4 members (excludes halogenated alkanes) is 8. The number of carbonyl (C=O) groups excluding carboxylic acids is 1. The normalized spacial score (nSPS) is 12.1. The van der Waals surface area contributed by atoms with Crippen molar-refractivity contribution < 1.29 is 14.6 Å². The van der Waals surface area contributed by atoms with Crippen LogP contribution in [0.25, 0.3) is 0 Å². The smallest absolute Gasteiger partial charge is 0.342 e. The zero-order chi connectivity index (χ0) is 18.3. The van der Waals surface area contributed by atoms with Gasteiger partial charge in [0.1, 0.15) is 17.4 Å². The van der Waals surface area contributed by atoms with Crippen LogP contribution in [-0.4, -0.2) is 17.2 Å². The van der Waals surface area contributed by atoms with E-state index in [4.69, 9.17) is 4.74 Å². The van der Waals surface area contributed by atoms with Crippen molar-refractivity contribution in [2.45, 2.75) is 97.0 Å². The van der Waals surface area contributed by atoms with Gasteiger partial charge < -0.3 is 9.84 Å². The number of hydrogen-bond acceptors (Lipinski definition) is 3. The maximum Gasteiger partial charge on any atom is 0.342 e. The van der Waals surface area contributed by atoms with Gasteiger partial charge in [-0.2, -0.15) is 0 Å². The molecule has 1 N–H and O–H groups in total. The van der Waals surface area contributed by atoms with Crippen LogP contribution >= 0.6 is 0 Å². The number of hydrogen-bond donors (Lipinski definition) is 1. The highest BCUT2D eigenvalue weighted by Crippen LogP contribution is 2.21. The fourth-order valence-electron chi connectivity index (χ4n) is 3.06. The number of rotatable bonds is 14. The van der Waals surface area contributed by atoms with Crippen molar-refractivity contribution >= 4 is 5.97 Å². The molecule has 0 saturated heterocycles. The molecule has 3 heteroatoms. The van der Waals surface area contributed by atoms with E-state index in [1.54, 1.807) is 18.2 Å². The topological polar surface area (TPSA) is 46.5 Å². The van der Waals surface area contributed by atoms with Gasteiger partial charge in [-0.3, -0.25) is 0 Å². The summed E-state index contributed by atoms with van der Waals surface area (Å²) >= 11 is 0. The van der Waals surface area contributed by atoms with Gasteiger partial charge in [0.05, 0.1) is 0 Å². The van der Waals surface area contributed by atoms with Gasteiger partial charge in [0.15, 0.2) is 0 Å². The highest BCUT2D eigenvalue weighted by molar-refractivity contribution is 5.92. The molecule has 0 fully saturated rings. The molecule has 1 atom stereocenters. The van der Waals surface area contributed by atoms with E-state index >= 15 is 0 Å². The quantitative estimate of drug-likeness (QED) is 0.303. The van der Waals surface area contributed by atoms with Crippen molar-refractivity contribution in [1.82, 2.24) is 0 Å². The molecule has 3 nitrogen and oxygen atoms in total. The lowest BCUT2D eigenvalue weighted by Crippen LogP contribution is -2.18. The van der Waals surface area contributed by atoms with E-state index in [9.17, 15) is 9.90 Å². The lowest BCUT2D eigenvalue weighted by atomic mass is 10.0. The first-order chi connectivity index (χ1) is 12.2. The highest BCUT2D eigenvalue weighted by Gasteiger charge is 2.17. The van der Waals surface area contributed by atoms with Crippen molar-refractivity contribution in [3.63, 3.8) is 0 Å². The summed E-state index contributed by atoms with van der Waals surface area (Å²) in [5.74, 6) is -0.410. The Balaban J connectivity index is 2.33. The van der Waals surface area contributed by atoms with Gasteiger partial charge in [-0.1, -0.05) is 83.8 Å². The lowest BCUT2D eigenvalue weighted by Gasteiger charge is -2.18. The number of ether oxygens (including phenoxy) is 1. The fourth-order valence-corrected chi connectivity index (χ4v) is 3.06. The highest BCUT2D eigenvalue weighted by atomic mass is 16.5. The van der Waals surface area contributed by atoms with E-state index in [-0.39, 0.29) is 17.4 Å². The van der Waals surface area contributed by atoms with E-state index in [0.717, 1.165) is 32.1 Å². The Bertz CT molecular complexity index is 470. The number of esters is 1. The van der Waals surface area contributed by atoms with Gasteiger partial charge in [0.2, 0.25) is 0 Å². The SMILES string of the molecule is CCCCCCCCCCC(CCCC)OC(=O)c1ccccc1O. The van der Waals surface area contributed by atoms with Crippen LogP contribution in [0.3, 0.4) is 0 Å². The third-order valence-corrected chi connectivity index (χ3v) is 4.66. The average molecular weight is 349 g/mol. The van der Waals surface area contributed by atoms with Crippen LogP contribution in [0.2, 0.25) is 0 Å². The molecule has 0 spiro atoms. The Morgan fingerprint density at radius 3 is 2.08 bits per heavy atom. The zero-order valence-corrected chi connectivity index (χ0v) is 16.1. The van der Waals surface area contributed by atoms with Gasteiger partial charge in [-0.25, -0.2) is 4.79 Å². The molecule has 0 aliphatic rings. The minimum Gasteiger partial charge on any atom is -0.507 e. The predicted molar refractivity (Wildman–Crippen MR) is 104 cm³/mol. The van der Waals surface area contributed by atoms with Gasteiger partial charge in [0, 0.05) is 0 Å². The lowest BCUT2D eigenvalue weighted by molar-refractivity contribution is 0.0247. The molecule has 0 aliphatic heterocycles. The minimum absolute atomic E-state index is 0.00572. The Morgan fingerprint density at radius 1 is 0.880 bits per heavy atom. The van der Waals surface area contributed by atoms with Crippen LogP contribution < -0.4 is 0 Å². The van der Waals surface area contributed by atoms with E-state index < -0.39 is 5.97 Å². The first-order valence-corrected chi connectivity index (χ1v) is 10.2. The van der Waals surface area contributed by atoms with Crippen molar-refractivity contribution in [2.24, 2.45) is 0 Å². The number of para-hydroxylation sites is 1. The van der Waals surface area contributed by atoms with Crippen molar-refractivity contribution in [2.75, 3.05) is 0 Å². The summed E-state index contributed by atoms with van der Waals surface area (Å²) in [6, 6.07) is 6.60. The first kappa shape index (κ1) is 21.5. The molecule has 0 aliphatic carbocycles. The number of aromatic hydroxyl groups is 1. The Morgan fingerprint density at radius 2 is 1.44 bits per heavy atom. The summed E-state index contributed by atoms with van der Waals surface area (Å²) < 4.78 is 5.68. The standard InChI is InChI=1S/C22H36O3/c1-3-5-7-8-9-10-11-12-16-19(15-6-4-2)25-22(24)20-17-13-14-18-21(20)23/h13-14,17-19,23H,3-12,15-16H2,1-2H3. The summed E-state index contributed by atoms with van der Waals surface area (Å²) in [7, 11) is 0. The molecule has 1 aromatic carbocycles. The third-order valence-electron chi connectivity index (χ3n) is 4.66. The van der Waals surface area contributed by atoms with Crippen molar-refractivity contribution in [1.29, 1.82) is 0 Å². The van der Waals surface area contributed by atoms with E-state index in [1.165, 1.54) is 51.0 Å². The number of phenolic OH excluding ortho intramolecular Hbond substituents is 1. The second-order valence-corrected chi connectivity index (χ2v) is 6.95. The summed E-state index contributed by atoms with van der Waals surface area (Å²) in [4.78, 5) is 12.3. The van der Waals surface area contributed by atoms with Crippen LogP contribution in [0.1, 0.15) is 101 Å². The molecule has 1 aromatic rings. The molecular formula is C22H36O3. The molecule has 142 valence electrons. The first-order valence-electron chi connectivity index (χ1n) is 10.2. The molecule has 0 heterocycles. The summed E-state index contributed by atoms with van der Waals surface area (Å²) in [5.41, 5.74) is 0.264. The monoisotopic (exact) mass is 348 g/mol. The maximum atomic E-state index is 12.3. The molecule has 0 radical (unpaired) electrons. The molecule has 0 bridgehead atoms. The van der Waals surface area contributed by atoms with Crippen molar-refractivity contribution in [3.8, 4) is 5.75 Å². The summed E-state index contributed by atoms with van der Waals surface area (Å²) in [5, 5.41) is 9.80. The predicted octanol–water partition coefficient (Wildman–Crippen LogP) is 6.64. The number of benzene rings is 1.